The van der Waals surface area contributed by atoms with Gasteiger partial charge in [-0.1, -0.05) is 0 Å². The van der Waals surface area contributed by atoms with Crippen molar-refractivity contribution in [2.24, 2.45) is 0 Å². The topological polar surface area (TPSA) is 245 Å². The fourth-order valence-corrected chi connectivity index (χ4v) is 2.48. The van der Waals surface area contributed by atoms with E-state index in [1.165, 1.54) is 0 Å². The maximum atomic E-state index is 9.71. The van der Waals surface area contributed by atoms with Crippen LogP contribution < -0.4 is 10.6 Å². The van der Waals surface area contributed by atoms with Crippen LogP contribution in [0.3, 0.4) is 0 Å². The first-order chi connectivity index (χ1) is 15.2. The van der Waals surface area contributed by atoms with Crippen LogP contribution in [0.4, 0.5) is 0 Å². The normalized spacial score (nSPS) is 19.7. The predicted octanol–water partition coefficient (Wildman–Crippen LogP) is -6.93. The molecule has 0 saturated heterocycles. The van der Waals surface area contributed by atoms with Crippen molar-refractivity contribution in [2.45, 2.75) is 48.8 Å². The van der Waals surface area contributed by atoms with Gasteiger partial charge in [0.15, 0.2) is 0 Å². The molecule has 0 aromatic heterocycles. The van der Waals surface area contributed by atoms with Crippen LogP contribution in [0.25, 0.3) is 0 Å². The molecule has 0 aromatic carbocycles. The molecule has 14 nitrogen and oxygen atoms in total. The highest BCUT2D eigenvalue weighted by Gasteiger charge is 2.30. The van der Waals surface area contributed by atoms with E-state index >= 15 is 0 Å². The van der Waals surface area contributed by atoms with Gasteiger partial charge in [0, 0.05) is 26.2 Å². The van der Waals surface area contributed by atoms with Crippen LogP contribution in [0.2, 0.25) is 0 Å². The molecule has 0 rings (SSSR count). The lowest BCUT2D eigenvalue weighted by atomic mass is 10.0. The summed E-state index contributed by atoms with van der Waals surface area (Å²) in [6.07, 6.45) is -12.3. The van der Waals surface area contributed by atoms with Crippen LogP contribution in [-0.4, -0.2) is 166 Å². The molecule has 14 heteroatoms. The Balaban J connectivity index is 3.60. The van der Waals surface area contributed by atoms with Crippen molar-refractivity contribution in [3.8, 4) is 0 Å². The largest absolute Gasteiger partial charge is 0.394 e. The molecule has 0 amide bonds. The highest BCUT2D eigenvalue weighted by Crippen LogP contribution is 2.05. The molecular weight excluding hydrogens is 436 g/mol. The summed E-state index contributed by atoms with van der Waals surface area (Å²) in [6.45, 7) is 0.267. The summed E-state index contributed by atoms with van der Waals surface area (Å²) in [6, 6.07) is 0. The first-order valence-corrected chi connectivity index (χ1v) is 10.4. The average Bonchev–Trinajstić information content (AvgIpc) is 2.81. The number of rotatable bonds is 21. The third-order valence-corrected chi connectivity index (χ3v) is 4.58. The molecule has 0 aromatic rings. The fraction of sp³-hybridized carbons (Fsp3) is 1.00. The number of nitrogens with one attached hydrogen (secondary N) is 2. The number of aliphatic hydroxyl groups excluding tert-OH is 10. The minimum absolute atomic E-state index is 0.0571. The van der Waals surface area contributed by atoms with E-state index in [2.05, 4.69) is 10.6 Å². The molecule has 0 aliphatic heterocycles. The smallest absolute Gasteiger partial charge is 0.111 e. The van der Waals surface area contributed by atoms with E-state index in [0.717, 1.165) is 0 Å². The molecule has 8 atom stereocenters. The third-order valence-electron chi connectivity index (χ3n) is 4.58. The quantitative estimate of drug-likeness (QED) is 0.0689. The molecule has 32 heavy (non-hydrogen) atoms. The van der Waals surface area contributed by atoms with E-state index in [1.807, 2.05) is 0 Å². The van der Waals surface area contributed by atoms with Gasteiger partial charge >= 0.3 is 0 Å². The monoisotopic (exact) mass is 476 g/mol. The van der Waals surface area contributed by atoms with Crippen LogP contribution in [0.5, 0.6) is 0 Å². The van der Waals surface area contributed by atoms with Gasteiger partial charge in [0.2, 0.25) is 0 Å². The summed E-state index contributed by atoms with van der Waals surface area (Å²) in [5.41, 5.74) is 0. The van der Waals surface area contributed by atoms with Crippen LogP contribution in [-0.2, 0) is 9.47 Å². The van der Waals surface area contributed by atoms with Gasteiger partial charge in [0.25, 0.3) is 0 Å². The van der Waals surface area contributed by atoms with Crippen LogP contribution in [0.15, 0.2) is 0 Å². The summed E-state index contributed by atoms with van der Waals surface area (Å²) in [7, 11) is 0. The van der Waals surface area contributed by atoms with Crippen molar-refractivity contribution in [1.82, 2.24) is 10.6 Å². The zero-order valence-electron chi connectivity index (χ0n) is 18.0. The molecule has 12 N–H and O–H groups in total. The second kappa shape index (κ2) is 18.8. The van der Waals surface area contributed by atoms with Gasteiger partial charge in [-0.2, -0.15) is 0 Å². The van der Waals surface area contributed by atoms with Crippen molar-refractivity contribution < 1.29 is 60.5 Å². The van der Waals surface area contributed by atoms with Crippen molar-refractivity contribution >= 4 is 0 Å². The van der Waals surface area contributed by atoms with Gasteiger partial charge < -0.3 is 71.2 Å². The molecule has 0 fully saturated rings. The Bertz CT molecular complexity index is 401. The van der Waals surface area contributed by atoms with E-state index in [-0.39, 0.29) is 13.1 Å². The fourth-order valence-electron chi connectivity index (χ4n) is 2.48. The molecule has 0 aliphatic carbocycles. The standard InChI is InChI=1S/C18H40N2O12/c21-9-13(25)17(29)15(27)11(23)7-19-1-3-31-5-6-32-4-2-20-8-12(24)16(28)18(30)14(26)10-22/h11-30H,1-10H2/t11-,12-,13-,14-,15-,16-,17-,18-/m1/s1. The molecule has 194 valence electrons. The van der Waals surface area contributed by atoms with Gasteiger partial charge in [-0.05, 0) is 0 Å². The van der Waals surface area contributed by atoms with Gasteiger partial charge in [0.1, 0.15) is 36.6 Å². The predicted molar refractivity (Wildman–Crippen MR) is 110 cm³/mol. The zero-order valence-corrected chi connectivity index (χ0v) is 18.0. The van der Waals surface area contributed by atoms with E-state index in [0.29, 0.717) is 39.5 Å². The first-order valence-electron chi connectivity index (χ1n) is 10.4. The van der Waals surface area contributed by atoms with Crippen LogP contribution in [0, 0.1) is 0 Å². The maximum Gasteiger partial charge on any atom is 0.111 e. The minimum Gasteiger partial charge on any atom is -0.394 e. The number of ether oxygens (including phenoxy) is 2. The van der Waals surface area contributed by atoms with Gasteiger partial charge in [0.05, 0.1) is 51.8 Å². The molecule has 0 heterocycles. The highest BCUT2D eigenvalue weighted by molar-refractivity contribution is 4.82. The molecule has 0 spiro atoms. The Kier molecular flexibility index (Phi) is 18.5. The summed E-state index contributed by atoms with van der Waals surface area (Å²) in [5, 5.41) is 99.2. The van der Waals surface area contributed by atoms with Gasteiger partial charge in [-0.15, -0.1) is 0 Å². The third kappa shape index (κ3) is 13.2. The van der Waals surface area contributed by atoms with E-state index < -0.39 is 62.0 Å². The molecular formula is C18H40N2O12. The summed E-state index contributed by atoms with van der Waals surface area (Å²) >= 11 is 0. The minimum atomic E-state index is -1.67. The summed E-state index contributed by atoms with van der Waals surface area (Å²) in [4.78, 5) is 0. The van der Waals surface area contributed by atoms with Crippen molar-refractivity contribution in [3.05, 3.63) is 0 Å². The lowest BCUT2D eigenvalue weighted by Crippen LogP contribution is -2.49. The number of hydrogen-bond acceptors (Lipinski definition) is 14. The zero-order chi connectivity index (χ0) is 24.5. The maximum absolute atomic E-state index is 9.71. The second-order valence-electron chi connectivity index (χ2n) is 7.23. The molecule has 0 unspecified atom stereocenters. The SMILES string of the molecule is OC[C@@H](O)[C@@H](O)[C@H](O)[C@H](O)CNCCOCCOCCNC[C@@H](O)[C@@H](O)[C@H](O)[C@H](O)CO. The Morgan fingerprint density at radius 2 is 0.781 bits per heavy atom. The highest BCUT2D eigenvalue weighted by atomic mass is 16.5. The summed E-state index contributed by atoms with van der Waals surface area (Å²) in [5.74, 6) is 0. The Morgan fingerprint density at radius 3 is 1.09 bits per heavy atom. The van der Waals surface area contributed by atoms with Crippen molar-refractivity contribution in [2.75, 3.05) is 65.8 Å². The Labute approximate surface area is 186 Å². The van der Waals surface area contributed by atoms with Crippen molar-refractivity contribution in [1.29, 1.82) is 0 Å². The Hall–Kier alpha value is -0.560. The van der Waals surface area contributed by atoms with Crippen LogP contribution in [0.1, 0.15) is 0 Å². The van der Waals surface area contributed by atoms with Gasteiger partial charge in [-0.3, -0.25) is 0 Å². The van der Waals surface area contributed by atoms with E-state index in [4.69, 9.17) is 19.7 Å². The number of hydrogen-bond donors (Lipinski definition) is 12. The molecule has 0 saturated carbocycles. The summed E-state index contributed by atoms with van der Waals surface area (Å²) < 4.78 is 10.6. The lowest BCUT2D eigenvalue weighted by Gasteiger charge is -2.25. The molecule has 0 aliphatic rings. The Morgan fingerprint density at radius 1 is 0.469 bits per heavy atom. The first kappa shape index (κ1) is 31.4. The van der Waals surface area contributed by atoms with Crippen molar-refractivity contribution in [3.63, 3.8) is 0 Å². The molecule has 0 radical (unpaired) electrons. The second-order valence-corrected chi connectivity index (χ2v) is 7.23. The molecule has 0 bridgehead atoms. The number of aliphatic hydroxyl groups is 10. The van der Waals surface area contributed by atoms with E-state index in [1.54, 1.807) is 0 Å². The lowest BCUT2D eigenvalue weighted by molar-refractivity contribution is -0.114. The van der Waals surface area contributed by atoms with Gasteiger partial charge in [-0.25, -0.2) is 0 Å². The van der Waals surface area contributed by atoms with Crippen LogP contribution >= 0.6 is 0 Å². The van der Waals surface area contributed by atoms with E-state index in [9.17, 15) is 40.9 Å². The average molecular weight is 477 g/mol.